The molecule has 0 unspecified atom stereocenters. The van der Waals surface area contributed by atoms with E-state index in [9.17, 15) is 19.1 Å². The number of halogens is 1. The predicted molar refractivity (Wildman–Crippen MR) is 126 cm³/mol. The normalized spacial score (nSPS) is 11.5. The van der Waals surface area contributed by atoms with Gasteiger partial charge in [0.2, 0.25) is 0 Å². The van der Waals surface area contributed by atoms with Gasteiger partial charge in [0.1, 0.15) is 28.5 Å². The highest BCUT2D eigenvalue weighted by atomic mass is 32.1. The van der Waals surface area contributed by atoms with Gasteiger partial charge in [0.15, 0.2) is 0 Å². The summed E-state index contributed by atoms with van der Waals surface area (Å²) in [4.78, 5) is 32.2. The van der Waals surface area contributed by atoms with E-state index in [1.807, 2.05) is 6.92 Å². The van der Waals surface area contributed by atoms with Crippen molar-refractivity contribution in [3.63, 3.8) is 0 Å². The third kappa shape index (κ3) is 5.95. The summed E-state index contributed by atoms with van der Waals surface area (Å²) in [6.45, 7) is 5.51. The van der Waals surface area contributed by atoms with Crippen molar-refractivity contribution in [2.75, 3.05) is 0 Å². The molecule has 0 fully saturated rings. The van der Waals surface area contributed by atoms with Crippen molar-refractivity contribution in [3.05, 3.63) is 93.8 Å². The van der Waals surface area contributed by atoms with Crippen LogP contribution in [0.25, 0.3) is 0 Å². The Bertz CT molecular complexity index is 1230. The second kappa shape index (κ2) is 10.3. The molecule has 0 aliphatic rings. The van der Waals surface area contributed by atoms with E-state index in [1.165, 1.54) is 18.5 Å². The van der Waals surface area contributed by atoms with Crippen LogP contribution in [-0.2, 0) is 6.54 Å². The lowest BCUT2D eigenvalue weighted by atomic mass is 10.0. The number of nitrogens with zero attached hydrogens (tertiary/aromatic N) is 2. The molecule has 1 amide bonds. The summed E-state index contributed by atoms with van der Waals surface area (Å²) < 4.78 is 13.4. The van der Waals surface area contributed by atoms with Gasteiger partial charge in [-0.15, -0.1) is 0 Å². The first kappa shape index (κ1) is 23.9. The Labute approximate surface area is 196 Å². The fourth-order valence-electron chi connectivity index (χ4n) is 3.25. The minimum Gasteiger partial charge on any atom is -0.478 e. The quantitative estimate of drug-likeness (QED) is 0.454. The van der Waals surface area contributed by atoms with E-state index < -0.39 is 11.9 Å². The maximum absolute atomic E-state index is 13.4. The summed E-state index contributed by atoms with van der Waals surface area (Å²) in [7, 11) is 0. The number of carboxylic acids is 1. The van der Waals surface area contributed by atoms with E-state index in [0.717, 1.165) is 11.1 Å². The number of carboxylic acid groups (broad SMARTS) is 1. The Morgan fingerprint density at radius 1 is 1.06 bits per heavy atom. The van der Waals surface area contributed by atoms with Crippen molar-refractivity contribution < 1.29 is 19.1 Å². The lowest BCUT2D eigenvalue weighted by Gasteiger charge is -2.17. The molecule has 1 atom stereocenters. The van der Waals surface area contributed by atoms with Gasteiger partial charge in [-0.05, 0) is 61.2 Å². The molecule has 0 aliphatic carbocycles. The van der Waals surface area contributed by atoms with Crippen LogP contribution in [0, 0.1) is 19.7 Å². The Morgan fingerprint density at radius 2 is 1.79 bits per heavy atom. The maximum Gasteiger partial charge on any atom is 0.335 e. The zero-order valence-electron chi connectivity index (χ0n) is 18.3. The molecule has 0 radical (unpaired) electrons. The second-order valence-electron chi connectivity index (χ2n) is 7.63. The number of aromatic nitrogens is 2. The van der Waals surface area contributed by atoms with Crippen LogP contribution in [0.4, 0.5) is 4.39 Å². The standard InChI is InChI=1S/C24H23FN4O3S/c1-13-9-17(5-6-18(13)24(31)32)15(3)29-23(33)21-10-20(27-12-28-21)22(30)26-11-16-4-7-19(25)14(2)8-16/h4-10,12,15H,11H2,1-3H3,(H,26,30)(H,29,33)(H,31,32)/t15-/m0/s1. The van der Waals surface area contributed by atoms with Gasteiger partial charge in [0.25, 0.3) is 5.91 Å². The summed E-state index contributed by atoms with van der Waals surface area (Å²) in [6, 6.07) is 11.0. The second-order valence-corrected chi connectivity index (χ2v) is 8.04. The smallest absolute Gasteiger partial charge is 0.335 e. The predicted octanol–water partition coefficient (Wildman–Crippen LogP) is 3.89. The molecule has 3 rings (SSSR count). The number of nitrogens with one attached hydrogen (secondary N) is 2. The highest BCUT2D eigenvalue weighted by Gasteiger charge is 2.15. The summed E-state index contributed by atoms with van der Waals surface area (Å²) in [5, 5.41) is 15.1. The van der Waals surface area contributed by atoms with Gasteiger partial charge in [-0.1, -0.05) is 36.5 Å². The van der Waals surface area contributed by atoms with Crippen molar-refractivity contribution in [2.45, 2.75) is 33.4 Å². The van der Waals surface area contributed by atoms with Crippen molar-refractivity contribution in [1.82, 2.24) is 20.6 Å². The molecule has 0 aliphatic heterocycles. The van der Waals surface area contributed by atoms with Gasteiger partial charge in [-0.2, -0.15) is 0 Å². The topological polar surface area (TPSA) is 104 Å². The zero-order chi connectivity index (χ0) is 24.1. The number of benzene rings is 2. The number of aryl methyl sites for hydroxylation is 2. The molecule has 33 heavy (non-hydrogen) atoms. The van der Waals surface area contributed by atoms with E-state index >= 15 is 0 Å². The van der Waals surface area contributed by atoms with Crippen LogP contribution in [0.5, 0.6) is 0 Å². The Kier molecular flexibility index (Phi) is 7.44. The fourth-order valence-corrected chi connectivity index (χ4v) is 3.53. The number of carbonyl (C=O) groups excluding carboxylic acids is 1. The van der Waals surface area contributed by atoms with Gasteiger partial charge in [0.05, 0.1) is 5.56 Å². The molecule has 0 saturated heterocycles. The average Bonchev–Trinajstić information content (AvgIpc) is 2.79. The van der Waals surface area contributed by atoms with E-state index in [1.54, 1.807) is 44.2 Å². The first-order valence-electron chi connectivity index (χ1n) is 10.2. The van der Waals surface area contributed by atoms with Gasteiger partial charge in [0, 0.05) is 12.6 Å². The maximum atomic E-state index is 13.4. The van der Waals surface area contributed by atoms with Crippen LogP contribution in [0.3, 0.4) is 0 Å². The van der Waals surface area contributed by atoms with Crippen molar-refractivity contribution >= 4 is 29.1 Å². The number of hydrogen-bond acceptors (Lipinski definition) is 5. The molecule has 0 saturated carbocycles. The fraction of sp³-hybridized carbons (Fsp3) is 0.208. The lowest BCUT2D eigenvalue weighted by Crippen LogP contribution is -2.28. The summed E-state index contributed by atoms with van der Waals surface area (Å²) in [6.07, 6.45) is 1.26. The Morgan fingerprint density at radius 3 is 2.45 bits per heavy atom. The number of hydrogen-bond donors (Lipinski definition) is 3. The van der Waals surface area contributed by atoms with E-state index in [0.29, 0.717) is 21.8 Å². The molecule has 3 N–H and O–H groups in total. The molecule has 9 heteroatoms. The first-order valence-corrected chi connectivity index (χ1v) is 10.6. The van der Waals surface area contributed by atoms with Gasteiger partial charge in [-0.25, -0.2) is 19.2 Å². The molecule has 7 nitrogen and oxygen atoms in total. The molecule has 2 aromatic carbocycles. The summed E-state index contributed by atoms with van der Waals surface area (Å²) in [5.74, 6) is -1.68. The van der Waals surface area contributed by atoms with Crippen LogP contribution in [0.15, 0.2) is 48.8 Å². The van der Waals surface area contributed by atoms with Crippen LogP contribution in [-0.4, -0.2) is 31.9 Å². The molecule has 1 aromatic heterocycles. The zero-order valence-corrected chi connectivity index (χ0v) is 19.2. The number of aromatic carboxylic acids is 1. The summed E-state index contributed by atoms with van der Waals surface area (Å²) in [5.41, 5.74) is 3.57. The van der Waals surface area contributed by atoms with Crippen LogP contribution in [0.1, 0.15) is 61.8 Å². The number of thiocarbonyl (C=S) groups is 1. The van der Waals surface area contributed by atoms with Crippen molar-refractivity contribution in [3.8, 4) is 0 Å². The Balaban J connectivity index is 1.66. The highest BCUT2D eigenvalue weighted by Crippen LogP contribution is 2.18. The molecule has 0 bridgehead atoms. The molecule has 3 aromatic rings. The molecule has 1 heterocycles. The number of carbonyl (C=O) groups is 2. The Hall–Kier alpha value is -3.72. The molecule has 0 spiro atoms. The third-order valence-electron chi connectivity index (χ3n) is 5.14. The number of amides is 1. The molecule has 170 valence electrons. The SMILES string of the molecule is Cc1cc(CNC(=O)c2cc(C(=S)N[C@@H](C)c3ccc(C(=O)O)c(C)c3)ncn2)ccc1F. The van der Waals surface area contributed by atoms with E-state index in [-0.39, 0.29) is 29.7 Å². The van der Waals surface area contributed by atoms with Crippen LogP contribution >= 0.6 is 12.2 Å². The van der Waals surface area contributed by atoms with Crippen molar-refractivity contribution in [1.29, 1.82) is 0 Å². The largest absolute Gasteiger partial charge is 0.478 e. The van der Waals surface area contributed by atoms with Gasteiger partial charge in [-0.3, -0.25) is 4.79 Å². The van der Waals surface area contributed by atoms with E-state index in [4.69, 9.17) is 12.2 Å². The van der Waals surface area contributed by atoms with Crippen LogP contribution in [0.2, 0.25) is 0 Å². The van der Waals surface area contributed by atoms with E-state index in [2.05, 4.69) is 20.6 Å². The minimum atomic E-state index is -0.975. The number of rotatable bonds is 7. The summed E-state index contributed by atoms with van der Waals surface area (Å²) >= 11 is 5.45. The van der Waals surface area contributed by atoms with Crippen LogP contribution < -0.4 is 10.6 Å². The average molecular weight is 467 g/mol. The monoisotopic (exact) mass is 466 g/mol. The molecular weight excluding hydrogens is 443 g/mol. The molecular formula is C24H23FN4O3S. The van der Waals surface area contributed by atoms with Crippen molar-refractivity contribution in [2.24, 2.45) is 0 Å². The third-order valence-corrected chi connectivity index (χ3v) is 5.46. The highest BCUT2D eigenvalue weighted by molar-refractivity contribution is 7.80. The lowest BCUT2D eigenvalue weighted by molar-refractivity contribution is 0.0695. The van der Waals surface area contributed by atoms with Gasteiger partial charge < -0.3 is 15.7 Å². The van der Waals surface area contributed by atoms with Gasteiger partial charge >= 0.3 is 5.97 Å². The minimum absolute atomic E-state index is 0.150. The first-order chi connectivity index (χ1) is 15.7.